The molecule has 0 radical (unpaired) electrons. The van der Waals surface area contributed by atoms with Crippen LogP contribution in [0.3, 0.4) is 0 Å². The molecule has 2 amide bonds. The van der Waals surface area contributed by atoms with E-state index < -0.39 is 0 Å². The molecule has 1 saturated heterocycles. The highest BCUT2D eigenvalue weighted by Crippen LogP contribution is 2.18. The fourth-order valence-corrected chi connectivity index (χ4v) is 3.26. The Kier molecular flexibility index (Phi) is 6.66. The maximum absolute atomic E-state index is 12.5. The summed E-state index contributed by atoms with van der Waals surface area (Å²) in [4.78, 5) is 29.0. The number of morpholine rings is 1. The van der Waals surface area contributed by atoms with Gasteiger partial charge in [-0.3, -0.25) is 9.59 Å². The van der Waals surface area contributed by atoms with Crippen molar-refractivity contribution >= 4 is 23.2 Å². The van der Waals surface area contributed by atoms with Gasteiger partial charge in [-0.15, -0.1) is 0 Å². The monoisotopic (exact) mass is 381 g/mol. The van der Waals surface area contributed by atoms with Gasteiger partial charge in [-0.05, 0) is 62.4 Å². The summed E-state index contributed by atoms with van der Waals surface area (Å²) in [5.41, 5.74) is 2.98. The van der Waals surface area contributed by atoms with Gasteiger partial charge in [0, 0.05) is 48.7 Å². The van der Waals surface area contributed by atoms with Crippen molar-refractivity contribution in [2.45, 2.75) is 13.8 Å². The van der Waals surface area contributed by atoms with Gasteiger partial charge in [0.1, 0.15) is 0 Å². The Morgan fingerprint density at radius 2 is 1.50 bits per heavy atom. The van der Waals surface area contributed by atoms with E-state index in [-0.39, 0.29) is 11.8 Å². The zero-order valence-electron chi connectivity index (χ0n) is 16.5. The highest BCUT2D eigenvalue weighted by atomic mass is 16.5. The third-order valence-corrected chi connectivity index (χ3v) is 4.95. The summed E-state index contributed by atoms with van der Waals surface area (Å²) < 4.78 is 5.28. The molecule has 1 N–H and O–H groups in total. The molecule has 6 heteroatoms. The molecule has 0 aromatic heterocycles. The summed E-state index contributed by atoms with van der Waals surface area (Å²) in [7, 11) is 0. The summed E-state index contributed by atoms with van der Waals surface area (Å²) in [6, 6.07) is 14.6. The molecule has 0 aliphatic carbocycles. The van der Waals surface area contributed by atoms with E-state index in [0.29, 0.717) is 37.4 Å². The number of nitrogens with one attached hydrogen (secondary N) is 1. The van der Waals surface area contributed by atoms with Crippen LogP contribution in [0.5, 0.6) is 0 Å². The molecule has 2 aromatic carbocycles. The average molecular weight is 381 g/mol. The average Bonchev–Trinajstić information content (AvgIpc) is 2.76. The Bertz CT molecular complexity index is 793. The van der Waals surface area contributed by atoms with Crippen molar-refractivity contribution in [3.05, 3.63) is 59.7 Å². The Balaban J connectivity index is 1.62. The Morgan fingerprint density at radius 3 is 2.07 bits per heavy atom. The normalized spacial score (nSPS) is 13.9. The van der Waals surface area contributed by atoms with Gasteiger partial charge in [0.05, 0.1) is 13.2 Å². The number of carbonyl (C=O) groups is 2. The predicted molar refractivity (Wildman–Crippen MR) is 111 cm³/mol. The first-order chi connectivity index (χ1) is 13.6. The highest BCUT2D eigenvalue weighted by molar-refractivity contribution is 6.05. The molecule has 148 valence electrons. The minimum atomic E-state index is -0.194. The molecule has 1 aliphatic rings. The van der Waals surface area contributed by atoms with Crippen LogP contribution in [0, 0.1) is 0 Å². The maximum atomic E-state index is 12.5. The van der Waals surface area contributed by atoms with E-state index in [1.807, 2.05) is 24.3 Å². The minimum absolute atomic E-state index is 0.0257. The number of anilines is 2. The van der Waals surface area contributed by atoms with Gasteiger partial charge in [0.2, 0.25) is 0 Å². The van der Waals surface area contributed by atoms with E-state index >= 15 is 0 Å². The van der Waals surface area contributed by atoms with Crippen LogP contribution in [0.1, 0.15) is 34.6 Å². The molecule has 1 aliphatic heterocycles. The summed E-state index contributed by atoms with van der Waals surface area (Å²) in [5, 5.41) is 2.90. The smallest absolute Gasteiger partial charge is 0.255 e. The third kappa shape index (κ3) is 4.70. The SMILES string of the molecule is CCN(CC)c1ccc(NC(=O)c2ccc(C(=O)N3CCOCC3)cc2)cc1. The number of nitrogens with zero attached hydrogens (tertiary/aromatic N) is 2. The quantitative estimate of drug-likeness (QED) is 0.834. The molecule has 1 fully saturated rings. The first-order valence-corrected chi connectivity index (χ1v) is 9.75. The van der Waals surface area contributed by atoms with Crippen molar-refractivity contribution in [2.75, 3.05) is 49.6 Å². The molecule has 2 aromatic rings. The summed E-state index contributed by atoms with van der Waals surface area (Å²) in [5.74, 6) is -0.219. The van der Waals surface area contributed by atoms with Crippen molar-refractivity contribution in [3.8, 4) is 0 Å². The lowest BCUT2D eigenvalue weighted by Gasteiger charge is -2.26. The van der Waals surface area contributed by atoms with Crippen LogP contribution in [-0.2, 0) is 4.74 Å². The first kappa shape index (κ1) is 19.9. The largest absolute Gasteiger partial charge is 0.378 e. The predicted octanol–water partition coefficient (Wildman–Crippen LogP) is 3.26. The number of benzene rings is 2. The van der Waals surface area contributed by atoms with Crippen molar-refractivity contribution in [2.24, 2.45) is 0 Å². The third-order valence-electron chi connectivity index (χ3n) is 4.95. The van der Waals surface area contributed by atoms with E-state index in [2.05, 4.69) is 24.1 Å². The van der Waals surface area contributed by atoms with Crippen molar-refractivity contribution < 1.29 is 14.3 Å². The highest BCUT2D eigenvalue weighted by Gasteiger charge is 2.18. The summed E-state index contributed by atoms with van der Waals surface area (Å²) in [6.07, 6.45) is 0. The van der Waals surface area contributed by atoms with Crippen LogP contribution < -0.4 is 10.2 Å². The van der Waals surface area contributed by atoms with Gasteiger partial charge < -0.3 is 19.9 Å². The number of hydrogen-bond donors (Lipinski definition) is 1. The van der Waals surface area contributed by atoms with Crippen LogP contribution in [0.25, 0.3) is 0 Å². The fourth-order valence-electron chi connectivity index (χ4n) is 3.26. The van der Waals surface area contributed by atoms with Crippen molar-refractivity contribution in [3.63, 3.8) is 0 Å². The Morgan fingerprint density at radius 1 is 0.929 bits per heavy atom. The second kappa shape index (κ2) is 9.37. The molecule has 1 heterocycles. The molecule has 6 nitrogen and oxygen atoms in total. The van der Waals surface area contributed by atoms with E-state index in [0.717, 1.165) is 24.5 Å². The van der Waals surface area contributed by atoms with Gasteiger partial charge in [-0.2, -0.15) is 0 Å². The van der Waals surface area contributed by atoms with Crippen molar-refractivity contribution in [1.82, 2.24) is 4.90 Å². The van der Waals surface area contributed by atoms with Gasteiger partial charge >= 0.3 is 0 Å². The van der Waals surface area contributed by atoms with E-state index in [4.69, 9.17) is 4.74 Å². The van der Waals surface area contributed by atoms with Crippen molar-refractivity contribution in [1.29, 1.82) is 0 Å². The lowest BCUT2D eigenvalue weighted by atomic mass is 10.1. The minimum Gasteiger partial charge on any atom is -0.378 e. The number of hydrogen-bond acceptors (Lipinski definition) is 4. The molecule has 3 rings (SSSR count). The van der Waals surface area contributed by atoms with E-state index in [9.17, 15) is 9.59 Å². The summed E-state index contributed by atoms with van der Waals surface area (Å²) >= 11 is 0. The molecule has 28 heavy (non-hydrogen) atoms. The lowest BCUT2D eigenvalue weighted by molar-refractivity contribution is 0.0303. The van der Waals surface area contributed by atoms with Crippen LogP contribution in [0.15, 0.2) is 48.5 Å². The molecule has 0 spiro atoms. The number of carbonyl (C=O) groups excluding carboxylic acids is 2. The second-order valence-electron chi connectivity index (χ2n) is 6.66. The van der Waals surface area contributed by atoms with Gasteiger partial charge in [0.15, 0.2) is 0 Å². The first-order valence-electron chi connectivity index (χ1n) is 9.75. The van der Waals surface area contributed by atoms with Crippen LogP contribution in [0.4, 0.5) is 11.4 Å². The molecular formula is C22H27N3O3. The Hall–Kier alpha value is -2.86. The standard InChI is InChI=1S/C22H27N3O3/c1-3-24(4-2)20-11-9-19(10-12-20)23-21(26)17-5-7-18(8-6-17)22(27)25-13-15-28-16-14-25/h5-12H,3-4,13-16H2,1-2H3,(H,23,26). The van der Waals surface area contributed by atoms with Gasteiger partial charge in [0.25, 0.3) is 11.8 Å². The van der Waals surface area contributed by atoms with Crippen LogP contribution in [0.2, 0.25) is 0 Å². The zero-order chi connectivity index (χ0) is 19.9. The summed E-state index contributed by atoms with van der Waals surface area (Å²) in [6.45, 7) is 8.46. The number of rotatable bonds is 6. The molecule has 0 bridgehead atoms. The van der Waals surface area contributed by atoms with Crippen LogP contribution >= 0.6 is 0 Å². The molecule has 0 saturated carbocycles. The van der Waals surface area contributed by atoms with E-state index in [1.54, 1.807) is 29.2 Å². The maximum Gasteiger partial charge on any atom is 0.255 e. The number of amides is 2. The molecule has 0 atom stereocenters. The van der Waals surface area contributed by atoms with Crippen LogP contribution in [-0.4, -0.2) is 56.1 Å². The molecular weight excluding hydrogens is 354 g/mol. The second-order valence-corrected chi connectivity index (χ2v) is 6.66. The van der Waals surface area contributed by atoms with Gasteiger partial charge in [-0.25, -0.2) is 0 Å². The van der Waals surface area contributed by atoms with E-state index in [1.165, 1.54) is 0 Å². The topological polar surface area (TPSA) is 61.9 Å². The molecule has 0 unspecified atom stereocenters. The number of ether oxygens (including phenoxy) is 1. The van der Waals surface area contributed by atoms with Gasteiger partial charge in [-0.1, -0.05) is 0 Å². The fraction of sp³-hybridized carbons (Fsp3) is 0.364. The Labute approximate surface area is 166 Å². The zero-order valence-corrected chi connectivity index (χ0v) is 16.5. The lowest BCUT2D eigenvalue weighted by Crippen LogP contribution is -2.40.